The topological polar surface area (TPSA) is 48.4 Å². The minimum absolute atomic E-state index is 0.0820. The summed E-state index contributed by atoms with van der Waals surface area (Å²) in [6.45, 7) is 4.34. The normalized spacial score (nSPS) is 18.7. The Kier molecular flexibility index (Phi) is 6.40. The van der Waals surface area contributed by atoms with Crippen LogP contribution in [0.15, 0.2) is 42.6 Å². The number of piperazine rings is 1. The molecule has 0 saturated carbocycles. The molecule has 2 fully saturated rings. The third kappa shape index (κ3) is 4.78. The zero-order valence-electron chi connectivity index (χ0n) is 19.6. The standard InChI is InChI=1S/C25H25F5N6/c1-16-4-3-9-36(16)24-32-21(17-6-7-19(26)20(27)14-17)15-22(33-24)34-10-12-35(13-11-34)23-18(25(28,29)30)5-2-8-31-23/h2,5-8,14-16H,3-4,9-13H2,1H3. The SMILES string of the molecule is CC1CCCN1c1nc(-c2ccc(F)c(F)c2)cc(N2CCN(c3ncccc3C(F)(F)F)CC2)n1. The first-order valence-electron chi connectivity index (χ1n) is 11.8. The molecule has 2 saturated heterocycles. The Hall–Kier alpha value is -3.50. The van der Waals surface area contributed by atoms with Crippen LogP contribution in [0.4, 0.5) is 39.5 Å². The summed E-state index contributed by atoms with van der Waals surface area (Å²) in [4.78, 5) is 19.1. The van der Waals surface area contributed by atoms with Crippen molar-refractivity contribution in [2.75, 3.05) is 47.4 Å². The van der Waals surface area contributed by atoms with Gasteiger partial charge in [0, 0.05) is 56.6 Å². The molecule has 36 heavy (non-hydrogen) atoms. The average molecular weight is 505 g/mol. The summed E-state index contributed by atoms with van der Waals surface area (Å²) in [6.07, 6.45) is -1.13. The van der Waals surface area contributed by atoms with Crippen LogP contribution in [0, 0.1) is 11.6 Å². The van der Waals surface area contributed by atoms with Crippen molar-refractivity contribution in [1.29, 1.82) is 0 Å². The fourth-order valence-corrected chi connectivity index (χ4v) is 4.76. The lowest BCUT2D eigenvalue weighted by molar-refractivity contribution is -0.137. The number of rotatable bonds is 4. The molecule has 5 rings (SSSR count). The number of halogens is 5. The Morgan fingerprint density at radius 2 is 1.64 bits per heavy atom. The van der Waals surface area contributed by atoms with Crippen molar-refractivity contribution >= 4 is 17.6 Å². The monoisotopic (exact) mass is 504 g/mol. The first-order valence-corrected chi connectivity index (χ1v) is 11.8. The summed E-state index contributed by atoms with van der Waals surface area (Å²) in [5.41, 5.74) is 0.124. The van der Waals surface area contributed by atoms with Gasteiger partial charge in [-0.25, -0.2) is 18.7 Å². The average Bonchev–Trinajstić information content (AvgIpc) is 3.31. The number of nitrogens with zero attached hydrogens (tertiary/aromatic N) is 6. The molecule has 2 aliphatic heterocycles. The summed E-state index contributed by atoms with van der Waals surface area (Å²) in [5.74, 6) is -0.890. The van der Waals surface area contributed by atoms with Crippen LogP contribution in [0.25, 0.3) is 11.3 Å². The van der Waals surface area contributed by atoms with Crippen molar-refractivity contribution in [2.45, 2.75) is 32.0 Å². The van der Waals surface area contributed by atoms with Gasteiger partial charge in [-0.05, 0) is 50.1 Å². The van der Waals surface area contributed by atoms with E-state index in [4.69, 9.17) is 4.98 Å². The molecule has 11 heteroatoms. The van der Waals surface area contributed by atoms with Gasteiger partial charge < -0.3 is 14.7 Å². The van der Waals surface area contributed by atoms with E-state index >= 15 is 0 Å². The minimum Gasteiger partial charge on any atom is -0.353 e. The Bertz CT molecular complexity index is 1240. The molecular formula is C25H25F5N6. The van der Waals surface area contributed by atoms with Crippen LogP contribution in [-0.2, 0) is 6.18 Å². The lowest BCUT2D eigenvalue weighted by Gasteiger charge is -2.37. The molecule has 3 aromatic rings. The number of hydrogen-bond acceptors (Lipinski definition) is 6. The molecule has 6 nitrogen and oxygen atoms in total. The Labute approximate surface area is 205 Å². The van der Waals surface area contributed by atoms with Gasteiger partial charge in [0.05, 0.1) is 11.3 Å². The largest absolute Gasteiger partial charge is 0.419 e. The van der Waals surface area contributed by atoms with Crippen molar-refractivity contribution < 1.29 is 22.0 Å². The van der Waals surface area contributed by atoms with Gasteiger partial charge >= 0.3 is 6.18 Å². The highest BCUT2D eigenvalue weighted by Crippen LogP contribution is 2.36. The van der Waals surface area contributed by atoms with E-state index < -0.39 is 23.4 Å². The van der Waals surface area contributed by atoms with Crippen molar-refractivity contribution in [1.82, 2.24) is 15.0 Å². The van der Waals surface area contributed by atoms with Gasteiger partial charge in [0.15, 0.2) is 11.6 Å². The van der Waals surface area contributed by atoms with Gasteiger partial charge in [0.25, 0.3) is 0 Å². The van der Waals surface area contributed by atoms with E-state index in [0.717, 1.165) is 37.6 Å². The van der Waals surface area contributed by atoms with Crippen molar-refractivity contribution in [3.63, 3.8) is 0 Å². The Balaban J connectivity index is 1.44. The molecule has 1 atom stereocenters. The first-order chi connectivity index (χ1) is 17.2. The second-order valence-electron chi connectivity index (χ2n) is 9.07. The first kappa shape index (κ1) is 24.2. The molecule has 2 aliphatic rings. The van der Waals surface area contributed by atoms with Gasteiger partial charge in [-0.2, -0.15) is 18.2 Å². The summed E-state index contributed by atoms with van der Waals surface area (Å²) in [5, 5.41) is 0. The zero-order valence-corrected chi connectivity index (χ0v) is 19.6. The molecule has 2 aromatic heterocycles. The van der Waals surface area contributed by atoms with Gasteiger partial charge in [-0.3, -0.25) is 0 Å². The lowest BCUT2D eigenvalue weighted by Crippen LogP contribution is -2.47. The second kappa shape index (κ2) is 9.51. The van der Waals surface area contributed by atoms with Gasteiger partial charge in [-0.1, -0.05) is 0 Å². The molecular weight excluding hydrogens is 479 g/mol. The summed E-state index contributed by atoms with van der Waals surface area (Å²) in [6, 6.07) is 7.92. The lowest BCUT2D eigenvalue weighted by atomic mass is 10.1. The second-order valence-corrected chi connectivity index (χ2v) is 9.07. The van der Waals surface area contributed by atoms with Crippen LogP contribution in [-0.4, -0.2) is 53.7 Å². The van der Waals surface area contributed by atoms with Crippen molar-refractivity contribution in [2.24, 2.45) is 0 Å². The number of hydrogen-bond donors (Lipinski definition) is 0. The molecule has 1 unspecified atom stereocenters. The third-order valence-corrected chi connectivity index (χ3v) is 6.72. The van der Waals surface area contributed by atoms with E-state index in [9.17, 15) is 22.0 Å². The minimum atomic E-state index is -4.49. The van der Waals surface area contributed by atoms with E-state index in [-0.39, 0.29) is 11.9 Å². The van der Waals surface area contributed by atoms with E-state index in [1.807, 2.05) is 4.90 Å². The maximum atomic E-state index is 14.0. The predicted molar refractivity (Wildman–Crippen MR) is 127 cm³/mol. The predicted octanol–water partition coefficient (Wildman–Crippen LogP) is 5.15. The number of anilines is 3. The summed E-state index contributed by atoms with van der Waals surface area (Å²) >= 11 is 0. The maximum absolute atomic E-state index is 14.0. The Morgan fingerprint density at radius 3 is 2.31 bits per heavy atom. The molecule has 0 aliphatic carbocycles. The van der Waals surface area contributed by atoms with Crippen LogP contribution < -0.4 is 14.7 Å². The maximum Gasteiger partial charge on any atom is 0.419 e. The fourth-order valence-electron chi connectivity index (χ4n) is 4.76. The van der Waals surface area contributed by atoms with E-state index in [1.165, 1.54) is 18.3 Å². The van der Waals surface area contributed by atoms with Crippen LogP contribution in [0.3, 0.4) is 0 Å². The highest BCUT2D eigenvalue weighted by Gasteiger charge is 2.36. The molecule has 0 N–H and O–H groups in total. The smallest absolute Gasteiger partial charge is 0.353 e. The summed E-state index contributed by atoms with van der Waals surface area (Å²) < 4.78 is 67.9. The molecule has 1 aromatic carbocycles. The molecule has 4 heterocycles. The molecule has 0 spiro atoms. The summed E-state index contributed by atoms with van der Waals surface area (Å²) in [7, 11) is 0. The Morgan fingerprint density at radius 1 is 0.889 bits per heavy atom. The molecule has 0 bridgehead atoms. The third-order valence-electron chi connectivity index (χ3n) is 6.72. The molecule has 0 radical (unpaired) electrons. The highest BCUT2D eigenvalue weighted by molar-refractivity contribution is 5.66. The van der Waals surface area contributed by atoms with Crippen LogP contribution in [0.5, 0.6) is 0 Å². The van der Waals surface area contributed by atoms with E-state index in [1.54, 1.807) is 11.0 Å². The number of benzene rings is 1. The highest BCUT2D eigenvalue weighted by atomic mass is 19.4. The number of pyridine rings is 1. The van der Waals surface area contributed by atoms with Gasteiger partial charge in [-0.15, -0.1) is 0 Å². The van der Waals surface area contributed by atoms with Crippen molar-refractivity contribution in [3.05, 3.63) is 59.8 Å². The van der Waals surface area contributed by atoms with Crippen LogP contribution in [0.1, 0.15) is 25.3 Å². The fraction of sp³-hybridized carbons (Fsp3) is 0.400. The molecule has 0 amide bonds. The molecule has 190 valence electrons. The van der Waals surface area contributed by atoms with Crippen LogP contribution in [0.2, 0.25) is 0 Å². The van der Waals surface area contributed by atoms with Crippen LogP contribution >= 0.6 is 0 Å². The zero-order chi connectivity index (χ0) is 25.4. The van der Waals surface area contributed by atoms with E-state index in [2.05, 4.69) is 21.8 Å². The van der Waals surface area contributed by atoms with Gasteiger partial charge in [0.2, 0.25) is 5.95 Å². The number of alkyl halides is 3. The van der Waals surface area contributed by atoms with E-state index in [0.29, 0.717) is 49.2 Å². The quantitative estimate of drug-likeness (QED) is 0.458. The van der Waals surface area contributed by atoms with Gasteiger partial charge in [0.1, 0.15) is 11.6 Å². The number of aromatic nitrogens is 3. The van der Waals surface area contributed by atoms with Crippen molar-refractivity contribution in [3.8, 4) is 11.3 Å².